The molecule has 0 aliphatic carbocycles. The number of halogens is 2. The van der Waals surface area contributed by atoms with Crippen LogP contribution in [0.25, 0.3) is 0 Å². The van der Waals surface area contributed by atoms with Gasteiger partial charge in [0.05, 0.1) is 11.9 Å². The van der Waals surface area contributed by atoms with Crippen molar-refractivity contribution in [3.63, 3.8) is 0 Å². The predicted octanol–water partition coefficient (Wildman–Crippen LogP) is 2.58. The molecule has 0 spiro atoms. The number of anilines is 1. The van der Waals surface area contributed by atoms with Gasteiger partial charge >= 0.3 is 6.05 Å². The molecule has 0 N–H and O–H groups in total. The first-order chi connectivity index (χ1) is 6.61. The molecular formula is C10H12F2N2. The van der Waals surface area contributed by atoms with E-state index in [4.69, 9.17) is 0 Å². The maximum Gasteiger partial charge on any atom is 0.325 e. The van der Waals surface area contributed by atoms with Crippen LogP contribution in [0.15, 0.2) is 18.5 Å². The van der Waals surface area contributed by atoms with Gasteiger partial charge in [-0.25, -0.2) is 0 Å². The highest BCUT2D eigenvalue weighted by Crippen LogP contribution is 2.37. The Morgan fingerprint density at radius 1 is 1.50 bits per heavy atom. The van der Waals surface area contributed by atoms with E-state index in [0.29, 0.717) is 18.7 Å². The van der Waals surface area contributed by atoms with Gasteiger partial charge in [0, 0.05) is 19.2 Å². The molecule has 0 atom stereocenters. The predicted molar refractivity (Wildman–Crippen MR) is 50.5 cm³/mol. The van der Waals surface area contributed by atoms with E-state index < -0.39 is 6.05 Å². The molecule has 2 heterocycles. The molecule has 1 fully saturated rings. The van der Waals surface area contributed by atoms with Crippen LogP contribution < -0.4 is 4.90 Å². The van der Waals surface area contributed by atoms with Crippen LogP contribution in [0, 0.1) is 6.92 Å². The molecule has 0 amide bonds. The minimum Gasteiger partial charge on any atom is -0.312 e. The Hall–Kier alpha value is -1.19. The van der Waals surface area contributed by atoms with Crippen LogP contribution in [0.2, 0.25) is 0 Å². The second-order valence-electron chi connectivity index (χ2n) is 3.58. The first-order valence-corrected chi connectivity index (χ1v) is 4.67. The number of hydrogen-bond donors (Lipinski definition) is 0. The molecule has 1 aromatic heterocycles. The van der Waals surface area contributed by atoms with Crippen molar-refractivity contribution in [2.24, 2.45) is 0 Å². The van der Waals surface area contributed by atoms with E-state index in [1.807, 2.05) is 6.92 Å². The van der Waals surface area contributed by atoms with Gasteiger partial charge in [0.15, 0.2) is 0 Å². The minimum atomic E-state index is -2.70. The van der Waals surface area contributed by atoms with Crippen LogP contribution in [0.5, 0.6) is 0 Å². The summed E-state index contributed by atoms with van der Waals surface area (Å²) in [5.41, 5.74) is 1.40. The zero-order valence-electron chi connectivity index (χ0n) is 8.00. The monoisotopic (exact) mass is 198 g/mol. The second-order valence-corrected chi connectivity index (χ2v) is 3.58. The Bertz CT molecular complexity index is 339. The number of aryl methyl sites for hydroxylation is 1. The fourth-order valence-electron chi connectivity index (χ4n) is 1.78. The molecule has 2 rings (SSSR count). The molecule has 1 aliphatic heterocycles. The molecule has 0 saturated carbocycles. The largest absolute Gasteiger partial charge is 0.325 e. The van der Waals surface area contributed by atoms with Crippen molar-refractivity contribution in [2.75, 3.05) is 11.4 Å². The summed E-state index contributed by atoms with van der Waals surface area (Å²) in [6.07, 6.45) is 3.62. The van der Waals surface area contributed by atoms with Gasteiger partial charge in [-0.1, -0.05) is 0 Å². The first kappa shape index (κ1) is 9.37. The number of hydrogen-bond acceptors (Lipinski definition) is 2. The number of rotatable bonds is 1. The zero-order valence-corrected chi connectivity index (χ0v) is 8.00. The summed E-state index contributed by atoms with van der Waals surface area (Å²) in [6, 6.07) is -0.947. The Kier molecular flexibility index (Phi) is 2.13. The van der Waals surface area contributed by atoms with Gasteiger partial charge in [0.2, 0.25) is 0 Å². The maximum atomic E-state index is 13.4. The Balaban J connectivity index is 2.36. The van der Waals surface area contributed by atoms with E-state index in [0.717, 1.165) is 10.5 Å². The lowest BCUT2D eigenvalue weighted by atomic mass is 10.2. The maximum absolute atomic E-state index is 13.4. The lowest BCUT2D eigenvalue weighted by molar-refractivity contribution is 0.0128. The van der Waals surface area contributed by atoms with Gasteiger partial charge < -0.3 is 4.90 Å². The summed E-state index contributed by atoms with van der Waals surface area (Å²) >= 11 is 0. The van der Waals surface area contributed by atoms with Crippen molar-refractivity contribution in [3.05, 3.63) is 24.0 Å². The second kappa shape index (κ2) is 3.19. The van der Waals surface area contributed by atoms with Crippen molar-refractivity contribution in [2.45, 2.75) is 25.8 Å². The van der Waals surface area contributed by atoms with Crippen molar-refractivity contribution >= 4 is 5.69 Å². The summed E-state index contributed by atoms with van der Waals surface area (Å²) in [7, 11) is 0. The SMILES string of the molecule is Cc1ccncc1N1CCCC1(F)F. The van der Waals surface area contributed by atoms with E-state index in [1.165, 1.54) is 6.20 Å². The van der Waals surface area contributed by atoms with Gasteiger partial charge in [0.25, 0.3) is 0 Å². The highest BCUT2D eigenvalue weighted by molar-refractivity contribution is 5.52. The number of aromatic nitrogens is 1. The van der Waals surface area contributed by atoms with Crippen LogP contribution in [-0.4, -0.2) is 17.6 Å². The zero-order chi connectivity index (χ0) is 10.2. The summed E-state index contributed by atoms with van der Waals surface area (Å²) in [4.78, 5) is 5.03. The molecule has 14 heavy (non-hydrogen) atoms. The summed E-state index contributed by atoms with van der Waals surface area (Å²) < 4.78 is 26.7. The summed E-state index contributed by atoms with van der Waals surface area (Å²) in [5.74, 6) is 0. The fraction of sp³-hybridized carbons (Fsp3) is 0.500. The van der Waals surface area contributed by atoms with Gasteiger partial charge in [-0.3, -0.25) is 4.98 Å². The van der Waals surface area contributed by atoms with Crippen LogP contribution >= 0.6 is 0 Å². The summed E-state index contributed by atoms with van der Waals surface area (Å²) in [6.45, 7) is 2.24. The molecule has 0 unspecified atom stereocenters. The fourth-order valence-corrected chi connectivity index (χ4v) is 1.78. The third kappa shape index (κ3) is 1.45. The number of nitrogens with zero attached hydrogens (tertiary/aromatic N) is 2. The summed E-state index contributed by atoms with van der Waals surface area (Å²) in [5, 5.41) is 0. The molecule has 0 bridgehead atoms. The highest BCUT2D eigenvalue weighted by atomic mass is 19.3. The van der Waals surface area contributed by atoms with E-state index in [-0.39, 0.29) is 6.42 Å². The number of alkyl halides is 2. The van der Waals surface area contributed by atoms with Gasteiger partial charge in [-0.2, -0.15) is 8.78 Å². The first-order valence-electron chi connectivity index (χ1n) is 4.67. The van der Waals surface area contributed by atoms with Gasteiger partial charge in [-0.15, -0.1) is 0 Å². The average Bonchev–Trinajstić information content (AvgIpc) is 2.46. The Morgan fingerprint density at radius 2 is 2.29 bits per heavy atom. The molecule has 76 valence electrons. The topological polar surface area (TPSA) is 16.1 Å². The van der Waals surface area contributed by atoms with Crippen molar-refractivity contribution in [1.82, 2.24) is 4.98 Å². The normalized spacial score (nSPS) is 20.1. The molecule has 2 nitrogen and oxygen atoms in total. The van der Waals surface area contributed by atoms with E-state index >= 15 is 0 Å². The molecule has 1 aromatic rings. The third-order valence-electron chi connectivity index (χ3n) is 2.56. The smallest absolute Gasteiger partial charge is 0.312 e. The van der Waals surface area contributed by atoms with Crippen LogP contribution in [0.3, 0.4) is 0 Å². The molecular weight excluding hydrogens is 186 g/mol. The molecule has 0 aromatic carbocycles. The minimum absolute atomic E-state index is 0.0542. The van der Waals surface area contributed by atoms with Crippen LogP contribution in [-0.2, 0) is 0 Å². The average molecular weight is 198 g/mol. The molecule has 1 saturated heterocycles. The highest BCUT2D eigenvalue weighted by Gasteiger charge is 2.42. The number of pyridine rings is 1. The van der Waals surface area contributed by atoms with E-state index in [2.05, 4.69) is 4.98 Å². The van der Waals surface area contributed by atoms with Gasteiger partial charge in [0.1, 0.15) is 0 Å². The van der Waals surface area contributed by atoms with Crippen molar-refractivity contribution in [1.29, 1.82) is 0 Å². The molecule has 1 aliphatic rings. The quantitative estimate of drug-likeness (QED) is 0.645. The van der Waals surface area contributed by atoms with Crippen molar-refractivity contribution in [3.8, 4) is 0 Å². The lowest BCUT2D eigenvalue weighted by Gasteiger charge is -2.26. The molecule has 0 radical (unpaired) electrons. The molecule has 4 heteroatoms. The lowest BCUT2D eigenvalue weighted by Crippen LogP contribution is -2.36. The van der Waals surface area contributed by atoms with Crippen LogP contribution in [0.4, 0.5) is 14.5 Å². The Morgan fingerprint density at radius 3 is 2.86 bits per heavy atom. The van der Waals surface area contributed by atoms with Gasteiger partial charge in [-0.05, 0) is 25.0 Å². The third-order valence-corrected chi connectivity index (χ3v) is 2.56. The van der Waals surface area contributed by atoms with Crippen molar-refractivity contribution < 1.29 is 8.78 Å². The standard InChI is InChI=1S/C10H12F2N2/c1-8-3-5-13-7-9(8)14-6-2-4-10(14,11)12/h3,5,7H,2,4,6H2,1H3. The van der Waals surface area contributed by atoms with E-state index in [1.54, 1.807) is 12.3 Å². The van der Waals surface area contributed by atoms with E-state index in [9.17, 15) is 8.78 Å². The van der Waals surface area contributed by atoms with Crippen LogP contribution in [0.1, 0.15) is 18.4 Å². The Labute approximate surface area is 81.6 Å².